The zero-order valence-electron chi connectivity index (χ0n) is 12.6. The number of anilines is 1. The maximum atomic E-state index is 5.91. The molecule has 1 unspecified atom stereocenters. The third kappa shape index (κ3) is 4.18. The van der Waals surface area contributed by atoms with Crippen molar-refractivity contribution in [2.45, 2.75) is 32.2 Å². The van der Waals surface area contributed by atoms with E-state index in [9.17, 15) is 0 Å². The van der Waals surface area contributed by atoms with E-state index < -0.39 is 0 Å². The van der Waals surface area contributed by atoms with Crippen molar-refractivity contribution in [3.63, 3.8) is 0 Å². The summed E-state index contributed by atoms with van der Waals surface area (Å²) in [6, 6.07) is 8.28. The number of ether oxygens (including phenoxy) is 1. The first kappa shape index (κ1) is 15.7. The van der Waals surface area contributed by atoms with Crippen molar-refractivity contribution in [3.05, 3.63) is 39.9 Å². The maximum absolute atomic E-state index is 5.91. The van der Waals surface area contributed by atoms with Crippen LogP contribution in [0.25, 0.3) is 0 Å². The van der Waals surface area contributed by atoms with Gasteiger partial charge in [0.25, 0.3) is 0 Å². The van der Waals surface area contributed by atoms with Gasteiger partial charge in [-0.2, -0.15) is 0 Å². The van der Waals surface area contributed by atoms with Crippen molar-refractivity contribution < 1.29 is 4.74 Å². The van der Waals surface area contributed by atoms with Gasteiger partial charge in [0, 0.05) is 30.7 Å². The topological polar surface area (TPSA) is 47.0 Å². The highest BCUT2D eigenvalue weighted by Gasteiger charge is 2.21. The van der Waals surface area contributed by atoms with Crippen LogP contribution in [-0.2, 0) is 11.2 Å². The molecular weight excluding hydrogens is 318 g/mol. The molecule has 1 N–H and O–H groups in total. The van der Waals surface area contributed by atoms with E-state index in [4.69, 9.17) is 16.3 Å². The van der Waals surface area contributed by atoms with Gasteiger partial charge in [-0.3, -0.25) is 0 Å². The van der Waals surface area contributed by atoms with Crippen LogP contribution in [-0.4, -0.2) is 29.5 Å². The molecule has 0 bridgehead atoms. The van der Waals surface area contributed by atoms with Gasteiger partial charge in [0.15, 0.2) is 0 Å². The van der Waals surface area contributed by atoms with Crippen LogP contribution in [0, 0.1) is 5.92 Å². The predicted molar refractivity (Wildman–Crippen MR) is 90.8 cm³/mol. The number of benzene rings is 1. The minimum Gasteiger partial charge on any atom is -0.381 e. The molecule has 6 heteroatoms. The van der Waals surface area contributed by atoms with E-state index in [0.717, 1.165) is 47.6 Å². The van der Waals surface area contributed by atoms with Crippen LogP contribution in [0.1, 0.15) is 30.3 Å². The average molecular weight is 338 g/mol. The summed E-state index contributed by atoms with van der Waals surface area (Å²) in [5, 5.41) is 14.7. The zero-order valence-corrected chi connectivity index (χ0v) is 14.2. The van der Waals surface area contributed by atoms with E-state index in [1.54, 1.807) is 11.3 Å². The molecule has 118 valence electrons. The molecule has 0 saturated carbocycles. The molecule has 1 aliphatic rings. The standard InChI is InChI=1S/C16H20ClN3OS/c1-11(13-6-8-21-9-7-13)18-16-20-19-15(22-16)10-12-2-4-14(17)5-3-12/h2-5,11,13H,6-10H2,1H3,(H,18,20). The van der Waals surface area contributed by atoms with Gasteiger partial charge in [-0.1, -0.05) is 35.1 Å². The molecule has 0 radical (unpaired) electrons. The fourth-order valence-electron chi connectivity index (χ4n) is 2.69. The summed E-state index contributed by atoms with van der Waals surface area (Å²) in [6.45, 7) is 3.96. The molecule has 1 aliphatic heterocycles. The minimum absolute atomic E-state index is 0.403. The number of aromatic nitrogens is 2. The minimum atomic E-state index is 0.403. The molecule has 1 saturated heterocycles. The highest BCUT2D eigenvalue weighted by atomic mass is 35.5. The Balaban J connectivity index is 1.57. The number of rotatable bonds is 5. The number of hydrogen-bond donors (Lipinski definition) is 1. The molecule has 2 heterocycles. The smallest absolute Gasteiger partial charge is 0.205 e. The molecular formula is C16H20ClN3OS. The first-order valence-electron chi connectivity index (χ1n) is 7.62. The zero-order chi connectivity index (χ0) is 15.4. The van der Waals surface area contributed by atoms with Crippen LogP contribution < -0.4 is 5.32 Å². The molecule has 2 aromatic rings. The SMILES string of the molecule is CC(Nc1nnc(Cc2ccc(Cl)cc2)s1)C1CCOCC1. The average Bonchev–Trinajstić information content (AvgIpc) is 2.97. The summed E-state index contributed by atoms with van der Waals surface area (Å²) in [4.78, 5) is 0. The Bertz CT molecular complexity index is 596. The number of hydrogen-bond acceptors (Lipinski definition) is 5. The molecule has 0 aliphatic carbocycles. The first-order valence-corrected chi connectivity index (χ1v) is 8.81. The summed E-state index contributed by atoms with van der Waals surface area (Å²) < 4.78 is 5.42. The quantitative estimate of drug-likeness (QED) is 0.895. The van der Waals surface area contributed by atoms with Gasteiger partial charge in [-0.15, -0.1) is 10.2 Å². The van der Waals surface area contributed by atoms with Gasteiger partial charge in [-0.25, -0.2) is 0 Å². The molecule has 1 fully saturated rings. The summed E-state index contributed by atoms with van der Waals surface area (Å²) in [5.74, 6) is 0.650. The highest BCUT2D eigenvalue weighted by molar-refractivity contribution is 7.15. The van der Waals surface area contributed by atoms with E-state index in [-0.39, 0.29) is 0 Å². The van der Waals surface area contributed by atoms with E-state index in [1.807, 2.05) is 24.3 Å². The van der Waals surface area contributed by atoms with Crippen molar-refractivity contribution in [2.24, 2.45) is 5.92 Å². The summed E-state index contributed by atoms with van der Waals surface area (Å²) in [6.07, 6.45) is 3.03. The molecule has 22 heavy (non-hydrogen) atoms. The van der Waals surface area contributed by atoms with Crippen molar-refractivity contribution in [3.8, 4) is 0 Å². The van der Waals surface area contributed by atoms with E-state index in [2.05, 4.69) is 22.4 Å². The van der Waals surface area contributed by atoms with Gasteiger partial charge >= 0.3 is 0 Å². The Kier molecular flexibility index (Phi) is 5.28. The fraction of sp³-hybridized carbons (Fsp3) is 0.500. The van der Waals surface area contributed by atoms with E-state index in [0.29, 0.717) is 12.0 Å². The van der Waals surface area contributed by atoms with Crippen LogP contribution in [0.4, 0.5) is 5.13 Å². The van der Waals surface area contributed by atoms with Crippen molar-refractivity contribution in [1.29, 1.82) is 0 Å². The molecule has 3 rings (SSSR count). The Morgan fingerprint density at radius 1 is 1.27 bits per heavy atom. The highest BCUT2D eigenvalue weighted by Crippen LogP contribution is 2.24. The predicted octanol–water partition coefficient (Wildman–Crippen LogP) is 4.01. The van der Waals surface area contributed by atoms with Crippen LogP contribution in [0.3, 0.4) is 0 Å². The molecule has 4 nitrogen and oxygen atoms in total. The second-order valence-electron chi connectivity index (χ2n) is 5.69. The Morgan fingerprint density at radius 2 is 2.00 bits per heavy atom. The summed E-state index contributed by atoms with van der Waals surface area (Å²) >= 11 is 7.53. The number of nitrogens with zero attached hydrogens (tertiary/aromatic N) is 2. The maximum Gasteiger partial charge on any atom is 0.205 e. The number of halogens is 1. The van der Waals surface area contributed by atoms with Gasteiger partial charge in [0.1, 0.15) is 5.01 Å². The summed E-state index contributed by atoms with van der Waals surface area (Å²) in [7, 11) is 0. The number of nitrogens with one attached hydrogen (secondary N) is 1. The first-order chi connectivity index (χ1) is 10.7. The van der Waals surface area contributed by atoms with E-state index in [1.165, 1.54) is 5.56 Å². The fourth-order valence-corrected chi connectivity index (χ4v) is 3.68. The Hall–Kier alpha value is -1.17. The van der Waals surface area contributed by atoms with Gasteiger partial charge in [-0.05, 0) is 43.4 Å². The lowest BCUT2D eigenvalue weighted by Gasteiger charge is -2.27. The van der Waals surface area contributed by atoms with Gasteiger partial charge in [0.05, 0.1) is 0 Å². The second-order valence-corrected chi connectivity index (χ2v) is 7.19. The van der Waals surface area contributed by atoms with Crippen LogP contribution in [0.5, 0.6) is 0 Å². The molecule has 1 atom stereocenters. The monoisotopic (exact) mass is 337 g/mol. The normalized spacial score (nSPS) is 17.4. The summed E-state index contributed by atoms with van der Waals surface area (Å²) in [5.41, 5.74) is 1.20. The lowest BCUT2D eigenvalue weighted by Crippen LogP contribution is -2.30. The third-order valence-electron chi connectivity index (χ3n) is 4.06. The van der Waals surface area contributed by atoms with Crippen molar-refractivity contribution in [1.82, 2.24) is 10.2 Å². The van der Waals surface area contributed by atoms with Crippen molar-refractivity contribution >= 4 is 28.1 Å². The molecule has 1 aromatic heterocycles. The molecule has 0 amide bonds. The lowest BCUT2D eigenvalue weighted by atomic mass is 9.93. The second kappa shape index (κ2) is 7.40. The van der Waals surface area contributed by atoms with Gasteiger partial charge < -0.3 is 10.1 Å². The van der Waals surface area contributed by atoms with Crippen molar-refractivity contribution in [2.75, 3.05) is 18.5 Å². The lowest BCUT2D eigenvalue weighted by molar-refractivity contribution is 0.0622. The Morgan fingerprint density at radius 3 is 2.73 bits per heavy atom. The van der Waals surface area contributed by atoms with Crippen LogP contribution in [0.15, 0.2) is 24.3 Å². The Labute approximate surface area is 139 Å². The molecule has 1 aromatic carbocycles. The largest absolute Gasteiger partial charge is 0.381 e. The van der Waals surface area contributed by atoms with Gasteiger partial charge in [0.2, 0.25) is 5.13 Å². The van der Waals surface area contributed by atoms with Crippen LogP contribution in [0.2, 0.25) is 5.02 Å². The van der Waals surface area contributed by atoms with Crippen LogP contribution >= 0.6 is 22.9 Å². The molecule has 0 spiro atoms. The third-order valence-corrected chi connectivity index (χ3v) is 5.17. The van der Waals surface area contributed by atoms with E-state index >= 15 is 0 Å².